The number of aromatic nitrogens is 3. The van der Waals surface area contributed by atoms with E-state index >= 15 is 0 Å². The minimum atomic E-state index is 0.102. The van der Waals surface area contributed by atoms with Gasteiger partial charge in [-0.25, -0.2) is 4.68 Å². The summed E-state index contributed by atoms with van der Waals surface area (Å²) in [5.41, 5.74) is 1.16. The fourth-order valence-electron chi connectivity index (χ4n) is 4.29. The van der Waals surface area contributed by atoms with Gasteiger partial charge in [0.25, 0.3) is 0 Å². The van der Waals surface area contributed by atoms with Gasteiger partial charge in [-0.3, -0.25) is 14.3 Å². The molecule has 1 fully saturated rings. The SMILES string of the molecule is CCCCCNC(=O)C1CCN(Cn2nc(-c3ccco3)n(Cc3ccccc3)c2=S)CC1. The molecule has 8 heteroatoms. The summed E-state index contributed by atoms with van der Waals surface area (Å²) in [6.07, 6.45) is 6.77. The lowest BCUT2D eigenvalue weighted by molar-refractivity contribution is -0.126. The summed E-state index contributed by atoms with van der Waals surface area (Å²) in [4.78, 5) is 14.8. The quantitative estimate of drug-likeness (QED) is 0.346. The van der Waals surface area contributed by atoms with Crippen LogP contribution in [-0.4, -0.2) is 44.8 Å². The van der Waals surface area contributed by atoms with Crippen molar-refractivity contribution in [2.45, 2.75) is 52.2 Å². The van der Waals surface area contributed by atoms with Crippen molar-refractivity contribution in [1.82, 2.24) is 24.6 Å². The Morgan fingerprint density at radius 2 is 1.94 bits per heavy atom. The maximum absolute atomic E-state index is 12.5. The average molecular weight is 468 g/mol. The molecule has 1 aliphatic rings. The minimum absolute atomic E-state index is 0.102. The van der Waals surface area contributed by atoms with Gasteiger partial charge in [-0.1, -0.05) is 50.1 Å². The topological polar surface area (TPSA) is 68.2 Å². The van der Waals surface area contributed by atoms with Crippen LogP contribution in [-0.2, 0) is 18.0 Å². The Balaban J connectivity index is 1.41. The Labute approximate surface area is 200 Å². The molecule has 0 unspecified atom stereocenters. The zero-order chi connectivity index (χ0) is 23.0. The number of amides is 1. The Morgan fingerprint density at radius 3 is 2.64 bits per heavy atom. The molecule has 0 saturated carbocycles. The third-order valence-electron chi connectivity index (χ3n) is 6.22. The van der Waals surface area contributed by atoms with E-state index in [4.69, 9.17) is 21.7 Å². The molecule has 0 radical (unpaired) electrons. The largest absolute Gasteiger partial charge is 0.461 e. The van der Waals surface area contributed by atoms with Gasteiger partial charge in [-0.2, -0.15) is 0 Å². The third kappa shape index (κ3) is 6.00. The van der Waals surface area contributed by atoms with Crippen LogP contribution < -0.4 is 5.32 Å². The molecule has 1 aliphatic heterocycles. The van der Waals surface area contributed by atoms with Crippen LogP contribution in [0.2, 0.25) is 0 Å². The van der Waals surface area contributed by atoms with E-state index in [2.05, 4.69) is 29.3 Å². The highest BCUT2D eigenvalue weighted by atomic mass is 32.1. The summed E-state index contributed by atoms with van der Waals surface area (Å²) >= 11 is 5.82. The van der Waals surface area contributed by atoms with Gasteiger partial charge >= 0.3 is 0 Å². The van der Waals surface area contributed by atoms with Gasteiger partial charge in [0.15, 0.2) is 16.4 Å². The number of unbranched alkanes of at least 4 members (excludes halogenated alkanes) is 2. The van der Waals surface area contributed by atoms with Crippen molar-refractivity contribution < 1.29 is 9.21 Å². The number of carbonyl (C=O) groups excluding carboxylic acids is 1. The van der Waals surface area contributed by atoms with E-state index in [-0.39, 0.29) is 11.8 Å². The van der Waals surface area contributed by atoms with Crippen molar-refractivity contribution in [3.05, 3.63) is 59.1 Å². The van der Waals surface area contributed by atoms with Crippen molar-refractivity contribution >= 4 is 18.1 Å². The van der Waals surface area contributed by atoms with E-state index < -0.39 is 0 Å². The number of piperidine rings is 1. The van der Waals surface area contributed by atoms with Crippen LogP contribution >= 0.6 is 12.2 Å². The molecular weight excluding hydrogens is 434 g/mol. The number of carbonyl (C=O) groups is 1. The summed E-state index contributed by atoms with van der Waals surface area (Å²) in [6.45, 7) is 5.92. The molecule has 0 atom stereocenters. The second-order valence-electron chi connectivity index (χ2n) is 8.69. The monoisotopic (exact) mass is 467 g/mol. The van der Waals surface area contributed by atoms with Gasteiger partial charge in [0.05, 0.1) is 19.5 Å². The zero-order valence-corrected chi connectivity index (χ0v) is 20.1. The normalized spacial score (nSPS) is 15.1. The summed E-state index contributed by atoms with van der Waals surface area (Å²) < 4.78 is 10.2. The Kier molecular flexibility index (Phi) is 8.12. The molecule has 3 aromatic rings. The predicted molar refractivity (Wildman–Crippen MR) is 131 cm³/mol. The summed E-state index contributed by atoms with van der Waals surface area (Å²) in [7, 11) is 0. The summed E-state index contributed by atoms with van der Waals surface area (Å²) in [5, 5.41) is 7.92. The minimum Gasteiger partial charge on any atom is -0.461 e. The van der Waals surface area contributed by atoms with Crippen LogP contribution in [0.3, 0.4) is 0 Å². The van der Waals surface area contributed by atoms with E-state index in [9.17, 15) is 4.79 Å². The molecule has 33 heavy (non-hydrogen) atoms. The highest BCUT2D eigenvalue weighted by molar-refractivity contribution is 7.71. The van der Waals surface area contributed by atoms with E-state index in [1.54, 1.807) is 6.26 Å². The Bertz CT molecular complexity index is 1070. The standard InChI is InChI=1S/C25H33N5O2S/c1-2-3-7-14-26-24(31)21-12-15-28(16-13-21)19-30-25(33)29(18-20-9-5-4-6-10-20)23(27-30)22-11-8-17-32-22/h4-6,8-11,17,21H,2-3,7,12-16,18-19H2,1H3,(H,26,31). The smallest absolute Gasteiger partial charge is 0.223 e. The number of rotatable bonds is 10. The van der Waals surface area contributed by atoms with E-state index in [0.29, 0.717) is 23.7 Å². The first-order chi connectivity index (χ1) is 16.2. The summed E-state index contributed by atoms with van der Waals surface area (Å²) in [5.74, 6) is 1.74. The van der Waals surface area contributed by atoms with Gasteiger partial charge < -0.3 is 9.73 Å². The highest BCUT2D eigenvalue weighted by Gasteiger charge is 2.25. The van der Waals surface area contributed by atoms with Gasteiger partial charge in [0.2, 0.25) is 5.91 Å². The lowest BCUT2D eigenvalue weighted by Gasteiger charge is -2.30. The second-order valence-corrected chi connectivity index (χ2v) is 9.05. The molecule has 3 heterocycles. The van der Waals surface area contributed by atoms with Crippen LogP contribution in [0.4, 0.5) is 0 Å². The fourth-order valence-corrected chi connectivity index (χ4v) is 4.54. The molecule has 0 spiro atoms. The number of furan rings is 1. The lowest BCUT2D eigenvalue weighted by atomic mass is 9.96. The van der Waals surface area contributed by atoms with E-state index in [0.717, 1.165) is 56.7 Å². The van der Waals surface area contributed by atoms with Crippen molar-refractivity contribution in [3.63, 3.8) is 0 Å². The first-order valence-electron chi connectivity index (χ1n) is 11.9. The van der Waals surface area contributed by atoms with Crippen LogP contribution in [0, 0.1) is 10.7 Å². The Hall–Kier alpha value is -2.71. The van der Waals surface area contributed by atoms with E-state index in [1.165, 1.54) is 6.42 Å². The number of hydrogen-bond donors (Lipinski definition) is 1. The molecule has 7 nitrogen and oxygen atoms in total. The highest BCUT2D eigenvalue weighted by Crippen LogP contribution is 2.22. The van der Waals surface area contributed by atoms with Crippen molar-refractivity contribution in [3.8, 4) is 11.6 Å². The van der Waals surface area contributed by atoms with Crippen LogP contribution in [0.1, 0.15) is 44.6 Å². The molecule has 0 bridgehead atoms. The lowest BCUT2D eigenvalue weighted by Crippen LogP contribution is -2.41. The molecule has 4 rings (SSSR count). The summed E-state index contributed by atoms with van der Waals surface area (Å²) in [6, 6.07) is 14.0. The Morgan fingerprint density at radius 1 is 1.15 bits per heavy atom. The first kappa shape index (κ1) is 23.4. The molecule has 1 aromatic carbocycles. The number of hydrogen-bond acceptors (Lipinski definition) is 5. The number of benzene rings is 1. The fraction of sp³-hybridized carbons (Fsp3) is 0.480. The van der Waals surface area contributed by atoms with Crippen LogP contribution in [0.5, 0.6) is 0 Å². The molecule has 176 valence electrons. The number of nitrogens with one attached hydrogen (secondary N) is 1. The predicted octanol–water partition coefficient (Wildman–Crippen LogP) is 4.70. The van der Waals surface area contributed by atoms with Crippen molar-refractivity contribution in [2.24, 2.45) is 5.92 Å². The molecule has 1 saturated heterocycles. The molecule has 1 N–H and O–H groups in total. The van der Waals surface area contributed by atoms with Crippen molar-refractivity contribution in [2.75, 3.05) is 19.6 Å². The van der Waals surface area contributed by atoms with Crippen molar-refractivity contribution in [1.29, 1.82) is 0 Å². The molecular formula is C25H33N5O2S. The number of likely N-dealkylation sites (tertiary alicyclic amines) is 1. The molecule has 2 aromatic heterocycles. The average Bonchev–Trinajstić information content (AvgIpc) is 3.47. The molecule has 0 aliphatic carbocycles. The maximum Gasteiger partial charge on any atom is 0.223 e. The zero-order valence-electron chi connectivity index (χ0n) is 19.3. The van der Waals surface area contributed by atoms with Gasteiger partial charge in [0, 0.05) is 25.6 Å². The second kappa shape index (κ2) is 11.4. The maximum atomic E-state index is 12.5. The van der Waals surface area contributed by atoms with Crippen LogP contribution in [0.25, 0.3) is 11.6 Å². The number of nitrogens with zero attached hydrogens (tertiary/aromatic N) is 4. The van der Waals surface area contributed by atoms with Gasteiger partial charge in [0.1, 0.15) is 0 Å². The first-order valence-corrected chi connectivity index (χ1v) is 12.3. The van der Waals surface area contributed by atoms with Crippen LogP contribution in [0.15, 0.2) is 53.1 Å². The van der Waals surface area contributed by atoms with Gasteiger partial charge in [-0.05, 0) is 49.2 Å². The molecule has 1 amide bonds. The van der Waals surface area contributed by atoms with E-state index in [1.807, 2.05) is 39.6 Å². The van der Waals surface area contributed by atoms with Gasteiger partial charge in [-0.15, -0.1) is 5.10 Å². The third-order valence-corrected chi connectivity index (χ3v) is 6.65.